The third-order valence-corrected chi connectivity index (χ3v) is 4.29. The number of nitrogens with one attached hydrogen (secondary N) is 1. The van der Waals surface area contributed by atoms with Crippen LogP contribution >= 0.6 is 0 Å². The molecule has 0 bridgehead atoms. The minimum Gasteiger partial charge on any atom is -0.458 e. The van der Waals surface area contributed by atoms with E-state index in [-0.39, 0.29) is 11.6 Å². The van der Waals surface area contributed by atoms with Gasteiger partial charge >= 0.3 is 5.97 Å². The van der Waals surface area contributed by atoms with E-state index in [2.05, 4.69) is 26.1 Å². The average Bonchev–Trinajstić information content (AvgIpc) is 2.89. The lowest BCUT2D eigenvalue weighted by molar-refractivity contribution is -0.168. The van der Waals surface area contributed by atoms with Crippen LogP contribution in [-0.2, 0) is 9.53 Å². The minimum absolute atomic E-state index is 0.0811. The molecule has 1 N–H and O–H groups in total. The first-order chi connectivity index (χ1) is 9.37. The summed E-state index contributed by atoms with van der Waals surface area (Å²) < 4.78 is 5.90. The van der Waals surface area contributed by atoms with Crippen LogP contribution in [0, 0.1) is 5.92 Å². The van der Waals surface area contributed by atoms with E-state index in [4.69, 9.17) is 4.74 Å². The molecule has 0 aliphatic heterocycles. The van der Waals surface area contributed by atoms with Crippen LogP contribution in [0.4, 0.5) is 0 Å². The summed E-state index contributed by atoms with van der Waals surface area (Å²) in [5, 5.41) is 3.15. The lowest BCUT2D eigenvalue weighted by atomic mass is 9.90. The van der Waals surface area contributed by atoms with E-state index in [1.54, 1.807) is 0 Å². The van der Waals surface area contributed by atoms with Crippen LogP contribution in [0.5, 0.6) is 0 Å². The summed E-state index contributed by atoms with van der Waals surface area (Å²) in [6.45, 7) is 12.3. The normalized spacial score (nSPS) is 20.0. The molecule has 0 heterocycles. The molecule has 0 aromatic carbocycles. The van der Waals surface area contributed by atoms with Crippen molar-refractivity contribution in [2.45, 2.75) is 91.2 Å². The Bertz CT molecular complexity index is 283. The summed E-state index contributed by atoms with van der Waals surface area (Å²) >= 11 is 0. The van der Waals surface area contributed by atoms with E-state index in [9.17, 15) is 4.79 Å². The Labute approximate surface area is 125 Å². The first-order valence-corrected chi connectivity index (χ1v) is 8.30. The maximum atomic E-state index is 12.5. The molecule has 120 valence electrons. The molecule has 3 nitrogen and oxygen atoms in total. The maximum absolute atomic E-state index is 12.5. The summed E-state index contributed by atoms with van der Waals surface area (Å²) in [6.07, 6.45) is 6.15. The van der Waals surface area contributed by atoms with Crippen molar-refractivity contribution in [1.29, 1.82) is 0 Å². The van der Waals surface area contributed by atoms with Crippen molar-refractivity contribution in [1.82, 2.24) is 5.32 Å². The van der Waals surface area contributed by atoms with Gasteiger partial charge in [-0.2, -0.15) is 0 Å². The Morgan fingerprint density at radius 2 is 1.80 bits per heavy atom. The van der Waals surface area contributed by atoms with Crippen molar-refractivity contribution < 1.29 is 9.53 Å². The van der Waals surface area contributed by atoms with Crippen molar-refractivity contribution in [3.63, 3.8) is 0 Å². The van der Waals surface area contributed by atoms with E-state index in [0.29, 0.717) is 5.92 Å². The standard InChI is InChI=1S/C15H29NO2.C2H6/c1-6-15(9-7-8-10-15)18-13(17)14(4,16-5)11-12(2)3;1-2/h12,16H,6-11H2,1-5H3;1-2H3. The fraction of sp³-hybridized carbons (Fsp3) is 0.941. The summed E-state index contributed by atoms with van der Waals surface area (Å²) in [7, 11) is 1.84. The molecule has 1 fully saturated rings. The van der Waals surface area contributed by atoms with Crippen molar-refractivity contribution in [2.24, 2.45) is 5.92 Å². The third-order valence-electron chi connectivity index (χ3n) is 4.29. The van der Waals surface area contributed by atoms with Gasteiger partial charge in [0.2, 0.25) is 0 Å². The fourth-order valence-corrected chi connectivity index (χ4v) is 2.96. The highest BCUT2D eigenvalue weighted by molar-refractivity contribution is 5.80. The molecule has 0 saturated heterocycles. The number of carbonyl (C=O) groups excluding carboxylic acids is 1. The van der Waals surface area contributed by atoms with Gasteiger partial charge in [0.05, 0.1) is 0 Å². The van der Waals surface area contributed by atoms with Crippen molar-refractivity contribution in [3.05, 3.63) is 0 Å². The molecule has 20 heavy (non-hydrogen) atoms. The van der Waals surface area contributed by atoms with Gasteiger partial charge in [0.15, 0.2) is 0 Å². The van der Waals surface area contributed by atoms with Crippen LogP contribution < -0.4 is 5.32 Å². The van der Waals surface area contributed by atoms with E-state index in [1.807, 2.05) is 27.8 Å². The minimum atomic E-state index is -0.557. The highest BCUT2D eigenvalue weighted by Crippen LogP contribution is 2.37. The summed E-state index contributed by atoms with van der Waals surface area (Å²) in [6, 6.07) is 0. The number of hydrogen-bond donors (Lipinski definition) is 1. The molecule has 0 radical (unpaired) electrons. The molecule has 3 heteroatoms. The lowest BCUT2D eigenvalue weighted by Crippen LogP contribution is -2.52. The van der Waals surface area contributed by atoms with Crippen LogP contribution in [0.3, 0.4) is 0 Å². The SMILES string of the molecule is CC.CCC1(OC(=O)C(C)(CC(C)C)NC)CCCC1. The molecule has 1 rings (SSSR count). The van der Waals surface area contributed by atoms with Crippen molar-refractivity contribution >= 4 is 5.97 Å². The molecule has 1 aliphatic rings. The van der Waals surface area contributed by atoms with E-state index >= 15 is 0 Å². The van der Waals surface area contributed by atoms with Gasteiger partial charge in [-0.3, -0.25) is 4.79 Å². The second kappa shape index (κ2) is 8.66. The van der Waals surface area contributed by atoms with Gasteiger partial charge in [-0.15, -0.1) is 0 Å². The summed E-state index contributed by atoms with van der Waals surface area (Å²) in [5.74, 6) is 0.388. The van der Waals surface area contributed by atoms with Crippen molar-refractivity contribution in [3.8, 4) is 0 Å². The fourth-order valence-electron chi connectivity index (χ4n) is 2.96. The second-order valence-electron chi connectivity index (χ2n) is 6.31. The molecule has 0 aromatic heterocycles. The monoisotopic (exact) mass is 285 g/mol. The molecule has 0 amide bonds. The number of esters is 1. The second-order valence-corrected chi connectivity index (χ2v) is 6.31. The molecule has 1 unspecified atom stereocenters. The average molecular weight is 285 g/mol. The van der Waals surface area contributed by atoms with Gasteiger partial charge in [-0.05, 0) is 58.4 Å². The Morgan fingerprint density at radius 3 is 2.15 bits per heavy atom. The Balaban J connectivity index is 0.00000172. The molecule has 0 aromatic rings. The summed E-state index contributed by atoms with van der Waals surface area (Å²) in [5.41, 5.74) is -0.745. The third kappa shape index (κ3) is 5.08. The van der Waals surface area contributed by atoms with Gasteiger partial charge in [0, 0.05) is 0 Å². The quantitative estimate of drug-likeness (QED) is 0.739. The Hall–Kier alpha value is -0.570. The van der Waals surface area contributed by atoms with E-state index < -0.39 is 5.54 Å². The van der Waals surface area contributed by atoms with Gasteiger partial charge < -0.3 is 10.1 Å². The zero-order valence-electron chi connectivity index (χ0n) is 14.6. The maximum Gasteiger partial charge on any atom is 0.326 e. The van der Waals surface area contributed by atoms with Gasteiger partial charge in [-0.25, -0.2) is 0 Å². The van der Waals surface area contributed by atoms with Crippen LogP contribution in [0.25, 0.3) is 0 Å². The predicted molar refractivity (Wildman–Crippen MR) is 85.8 cm³/mol. The largest absolute Gasteiger partial charge is 0.458 e. The number of ether oxygens (including phenoxy) is 1. The highest BCUT2D eigenvalue weighted by atomic mass is 16.6. The number of rotatable bonds is 6. The Kier molecular flexibility index (Phi) is 8.41. The number of hydrogen-bond acceptors (Lipinski definition) is 3. The molecule has 1 saturated carbocycles. The Morgan fingerprint density at radius 1 is 1.30 bits per heavy atom. The zero-order chi connectivity index (χ0) is 15.8. The predicted octanol–water partition coefficient (Wildman–Crippen LogP) is 4.30. The van der Waals surface area contributed by atoms with Gasteiger partial charge in [0.25, 0.3) is 0 Å². The van der Waals surface area contributed by atoms with Crippen LogP contribution in [0.1, 0.15) is 80.1 Å². The van der Waals surface area contributed by atoms with Gasteiger partial charge in [0.1, 0.15) is 11.1 Å². The molecule has 0 spiro atoms. The smallest absolute Gasteiger partial charge is 0.326 e. The van der Waals surface area contributed by atoms with Crippen LogP contribution in [-0.4, -0.2) is 24.2 Å². The molecule has 1 aliphatic carbocycles. The molecule has 1 atom stereocenters. The topological polar surface area (TPSA) is 38.3 Å². The highest BCUT2D eigenvalue weighted by Gasteiger charge is 2.41. The first-order valence-electron chi connectivity index (χ1n) is 8.30. The molecular formula is C17H35NO2. The summed E-state index contributed by atoms with van der Waals surface area (Å²) in [4.78, 5) is 12.5. The van der Waals surface area contributed by atoms with Crippen LogP contribution in [0.2, 0.25) is 0 Å². The van der Waals surface area contributed by atoms with Crippen LogP contribution in [0.15, 0.2) is 0 Å². The van der Waals surface area contributed by atoms with Gasteiger partial charge in [-0.1, -0.05) is 34.6 Å². The van der Waals surface area contributed by atoms with E-state index in [0.717, 1.165) is 25.7 Å². The van der Waals surface area contributed by atoms with Crippen molar-refractivity contribution in [2.75, 3.05) is 7.05 Å². The number of likely N-dealkylation sites (N-methyl/N-ethyl adjacent to an activating group) is 1. The van der Waals surface area contributed by atoms with E-state index in [1.165, 1.54) is 12.8 Å². The molecular weight excluding hydrogens is 250 g/mol. The lowest BCUT2D eigenvalue weighted by Gasteiger charge is -2.35. The number of carbonyl (C=O) groups is 1. The first kappa shape index (κ1) is 19.4. The zero-order valence-corrected chi connectivity index (χ0v) is 14.6.